The third-order valence-corrected chi connectivity index (χ3v) is 3.72. The molecule has 4 nitrogen and oxygen atoms in total. The summed E-state index contributed by atoms with van der Waals surface area (Å²) in [6.45, 7) is 1.62. The molecule has 0 fully saturated rings. The Labute approximate surface area is 121 Å². The van der Waals surface area contributed by atoms with Gasteiger partial charge in [-0.15, -0.1) is 0 Å². The van der Waals surface area contributed by atoms with Crippen LogP contribution in [0.5, 0.6) is 0 Å². The molecule has 1 aliphatic heterocycles. The molecule has 2 aromatic carbocycles. The molecule has 2 N–H and O–H groups in total. The molecule has 0 saturated heterocycles. The molecular weight excluding hydrogens is 271 g/mol. The minimum absolute atomic E-state index is 0.200. The molecule has 21 heavy (non-hydrogen) atoms. The first-order valence-electron chi connectivity index (χ1n) is 6.53. The summed E-state index contributed by atoms with van der Waals surface area (Å²) in [7, 11) is 0. The fourth-order valence-corrected chi connectivity index (χ4v) is 2.63. The van der Waals surface area contributed by atoms with Crippen LogP contribution in [0.25, 0.3) is 0 Å². The van der Waals surface area contributed by atoms with Crippen molar-refractivity contribution in [2.75, 3.05) is 5.73 Å². The zero-order valence-electron chi connectivity index (χ0n) is 11.3. The maximum Gasteiger partial charge on any atom is 0.264 e. The lowest BCUT2D eigenvalue weighted by molar-refractivity contribution is 0.0593. The molecule has 1 heterocycles. The molecule has 0 spiro atoms. The first kappa shape index (κ1) is 13.3. The van der Waals surface area contributed by atoms with Crippen LogP contribution in [0.1, 0.15) is 39.2 Å². The van der Waals surface area contributed by atoms with E-state index in [0.29, 0.717) is 5.56 Å². The molecule has 2 aromatic rings. The molecule has 1 aliphatic rings. The van der Waals surface area contributed by atoms with Crippen LogP contribution in [0.4, 0.5) is 10.1 Å². The second kappa shape index (κ2) is 4.70. The zero-order chi connectivity index (χ0) is 15.1. The van der Waals surface area contributed by atoms with E-state index < -0.39 is 23.7 Å². The van der Waals surface area contributed by atoms with Crippen LogP contribution in [-0.2, 0) is 0 Å². The molecule has 0 aliphatic carbocycles. The summed E-state index contributed by atoms with van der Waals surface area (Å²) in [5.41, 5.74) is 6.80. The fraction of sp³-hybridized carbons (Fsp3) is 0.125. The summed E-state index contributed by atoms with van der Waals surface area (Å²) < 4.78 is 13.9. The maximum absolute atomic E-state index is 13.9. The summed E-state index contributed by atoms with van der Waals surface area (Å²) in [4.78, 5) is 25.9. The van der Waals surface area contributed by atoms with E-state index in [9.17, 15) is 14.0 Å². The quantitative estimate of drug-likeness (QED) is 0.681. The highest BCUT2D eigenvalue weighted by Crippen LogP contribution is 2.34. The molecule has 5 heteroatoms. The Morgan fingerprint density at radius 3 is 2.43 bits per heavy atom. The predicted molar refractivity (Wildman–Crippen MR) is 76.2 cm³/mol. The van der Waals surface area contributed by atoms with E-state index in [1.807, 2.05) is 0 Å². The Bertz CT molecular complexity index is 758. The number of hydrogen-bond donors (Lipinski definition) is 1. The number of carbonyl (C=O) groups excluding carboxylic acids is 2. The lowest BCUT2D eigenvalue weighted by Crippen LogP contribution is -2.33. The molecule has 106 valence electrons. The Kier molecular flexibility index (Phi) is 2.97. The summed E-state index contributed by atoms with van der Waals surface area (Å²) in [6, 6.07) is 10.1. The number of benzene rings is 2. The van der Waals surface area contributed by atoms with Gasteiger partial charge in [0.25, 0.3) is 11.8 Å². The first-order chi connectivity index (χ1) is 10.0. The molecule has 1 unspecified atom stereocenters. The van der Waals surface area contributed by atoms with Gasteiger partial charge in [0, 0.05) is 11.3 Å². The van der Waals surface area contributed by atoms with Crippen molar-refractivity contribution in [3.63, 3.8) is 0 Å². The predicted octanol–water partition coefficient (Wildman–Crippen LogP) is 2.77. The van der Waals surface area contributed by atoms with Crippen LogP contribution in [0.2, 0.25) is 0 Å². The van der Waals surface area contributed by atoms with Gasteiger partial charge in [0.05, 0.1) is 17.2 Å². The van der Waals surface area contributed by atoms with E-state index in [2.05, 4.69) is 0 Å². The normalized spacial score (nSPS) is 15.2. The Hall–Kier alpha value is -2.69. The molecule has 3 rings (SSSR count). The molecular formula is C16H13FN2O2. The Morgan fingerprint density at radius 1 is 1.05 bits per heavy atom. The summed E-state index contributed by atoms with van der Waals surface area (Å²) >= 11 is 0. The minimum Gasteiger partial charge on any atom is -0.398 e. The van der Waals surface area contributed by atoms with Crippen LogP contribution in [0.3, 0.4) is 0 Å². The Balaban J connectivity index is 2.06. The number of rotatable bonds is 2. The average Bonchev–Trinajstić information content (AvgIpc) is 2.72. The van der Waals surface area contributed by atoms with Crippen molar-refractivity contribution in [3.05, 3.63) is 65.0 Å². The van der Waals surface area contributed by atoms with Gasteiger partial charge >= 0.3 is 0 Å². The monoisotopic (exact) mass is 284 g/mol. The van der Waals surface area contributed by atoms with Gasteiger partial charge in [-0.05, 0) is 25.1 Å². The molecule has 2 amide bonds. The van der Waals surface area contributed by atoms with Gasteiger partial charge < -0.3 is 5.73 Å². The lowest BCUT2D eigenvalue weighted by Gasteiger charge is -2.23. The van der Waals surface area contributed by atoms with Crippen molar-refractivity contribution in [3.8, 4) is 0 Å². The summed E-state index contributed by atoms with van der Waals surface area (Å²) in [6.07, 6.45) is 0. The van der Waals surface area contributed by atoms with Crippen molar-refractivity contribution >= 4 is 17.5 Å². The van der Waals surface area contributed by atoms with Crippen LogP contribution < -0.4 is 5.73 Å². The van der Waals surface area contributed by atoms with Gasteiger partial charge in [0.1, 0.15) is 5.82 Å². The van der Waals surface area contributed by atoms with Gasteiger partial charge in [-0.2, -0.15) is 0 Å². The SMILES string of the molecule is CC(c1ccccc1F)N1C(=O)c2cccc(N)c2C1=O. The topological polar surface area (TPSA) is 63.4 Å². The minimum atomic E-state index is -0.696. The van der Waals surface area contributed by atoms with Gasteiger partial charge in [-0.1, -0.05) is 24.3 Å². The number of hydrogen-bond acceptors (Lipinski definition) is 3. The highest BCUT2D eigenvalue weighted by Gasteiger charge is 2.40. The molecule has 0 saturated carbocycles. The molecule has 1 atom stereocenters. The number of imide groups is 1. The van der Waals surface area contributed by atoms with Crippen molar-refractivity contribution < 1.29 is 14.0 Å². The van der Waals surface area contributed by atoms with E-state index in [1.54, 1.807) is 43.3 Å². The summed E-state index contributed by atoms with van der Waals surface area (Å²) in [5, 5.41) is 0. The van der Waals surface area contributed by atoms with Crippen molar-refractivity contribution in [1.82, 2.24) is 4.90 Å². The van der Waals surface area contributed by atoms with E-state index >= 15 is 0 Å². The number of fused-ring (bicyclic) bond motifs is 1. The molecule has 0 radical (unpaired) electrons. The van der Waals surface area contributed by atoms with Crippen LogP contribution >= 0.6 is 0 Å². The third kappa shape index (κ3) is 1.89. The van der Waals surface area contributed by atoms with Crippen LogP contribution in [0.15, 0.2) is 42.5 Å². The van der Waals surface area contributed by atoms with Crippen molar-refractivity contribution in [2.24, 2.45) is 0 Å². The Morgan fingerprint density at radius 2 is 1.76 bits per heavy atom. The van der Waals surface area contributed by atoms with E-state index in [4.69, 9.17) is 5.73 Å². The second-order valence-electron chi connectivity index (χ2n) is 4.95. The number of nitrogens with two attached hydrogens (primary N) is 1. The number of nitrogen functional groups attached to an aromatic ring is 1. The van der Waals surface area contributed by atoms with Gasteiger partial charge in [0.2, 0.25) is 0 Å². The highest BCUT2D eigenvalue weighted by molar-refractivity contribution is 6.23. The summed E-state index contributed by atoms with van der Waals surface area (Å²) in [5.74, 6) is -1.38. The van der Waals surface area contributed by atoms with E-state index in [0.717, 1.165) is 4.90 Å². The van der Waals surface area contributed by atoms with Gasteiger partial charge in [-0.25, -0.2) is 4.39 Å². The average molecular weight is 284 g/mol. The maximum atomic E-state index is 13.9. The largest absolute Gasteiger partial charge is 0.398 e. The highest BCUT2D eigenvalue weighted by atomic mass is 19.1. The number of amides is 2. The van der Waals surface area contributed by atoms with E-state index in [1.165, 1.54) is 6.07 Å². The smallest absolute Gasteiger partial charge is 0.264 e. The van der Waals surface area contributed by atoms with Crippen molar-refractivity contribution in [2.45, 2.75) is 13.0 Å². The van der Waals surface area contributed by atoms with Crippen molar-refractivity contribution in [1.29, 1.82) is 0 Å². The fourth-order valence-electron chi connectivity index (χ4n) is 2.63. The molecule has 0 aromatic heterocycles. The molecule has 0 bridgehead atoms. The standard InChI is InChI=1S/C16H13FN2O2/c1-9(10-5-2-3-7-12(10)17)19-15(20)11-6-4-8-13(18)14(11)16(19)21/h2-9H,18H2,1H3. The second-order valence-corrected chi connectivity index (χ2v) is 4.95. The number of halogens is 1. The number of nitrogens with zero attached hydrogens (tertiary/aromatic N) is 1. The lowest BCUT2D eigenvalue weighted by atomic mass is 10.1. The van der Waals surface area contributed by atoms with Crippen LogP contribution in [-0.4, -0.2) is 16.7 Å². The zero-order valence-corrected chi connectivity index (χ0v) is 11.3. The third-order valence-electron chi connectivity index (χ3n) is 3.72. The number of anilines is 1. The van der Waals surface area contributed by atoms with Crippen LogP contribution in [0, 0.1) is 5.82 Å². The van der Waals surface area contributed by atoms with Gasteiger partial charge in [-0.3, -0.25) is 14.5 Å². The van der Waals surface area contributed by atoms with E-state index in [-0.39, 0.29) is 16.8 Å². The first-order valence-corrected chi connectivity index (χ1v) is 6.53. The number of carbonyl (C=O) groups is 2. The van der Waals surface area contributed by atoms with Gasteiger partial charge in [0.15, 0.2) is 0 Å².